The van der Waals surface area contributed by atoms with Crippen molar-refractivity contribution >= 4 is 11.6 Å². The zero-order chi connectivity index (χ0) is 21.2. The van der Waals surface area contributed by atoms with Crippen LogP contribution in [-0.4, -0.2) is 71.7 Å². The van der Waals surface area contributed by atoms with Crippen LogP contribution in [0.5, 0.6) is 5.75 Å². The predicted molar refractivity (Wildman–Crippen MR) is 118 cm³/mol. The van der Waals surface area contributed by atoms with Crippen molar-refractivity contribution in [3.05, 3.63) is 66.0 Å². The summed E-state index contributed by atoms with van der Waals surface area (Å²) >= 11 is 0. The molecule has 0 bridgehead atoms. The van der Waals surface area contributed by atoms with Crippen molar-refractivity contribution < 1.29 is 9.53 Å². The van der Waals surface area contributed by atoms with Crippen LogP contribution in [0.3, 0.4) is 0 Å². The third-order valence-corrected chi connectivity index (χ3v) is 5.89. The van der Waals surface area contributed by atoms with Gasteiger partial charge in [-0.05, 0) is 31.3 Å². The molecule has 0 saturated carbocycles. The summed E-state index contributed by atoms with van der Waals surface area (Å²) in [6.07, 6.45) is 2.23. The van der Waals surface area contributed by atoms with Crippen LogP contribution in [0, 0.1) is 0 Å². The summed E-state index contributed by atoms with van der Waals surface area (Å²) in [7, 11) is 2.15. The maximum atomic E-state index is 12.8. The van der Waals surface area contributed by atoms with Gasteiger partial charge in [-0.3, -0.25) is 4.79 Å². The van der Waals surface area contributed by atoms with Crippen LogP contribution in [0.2, 0.25) is 0 Å². The Morgan fingerprint density at radius 2 is 1.87 bits per heavy atom. The highest BCUT2D eigenvalue weighted by Crippen LogP contribution is 2.34. The molecular formula is C23H26N6O2. The number of para-hydroxylation sites is 1. The van der Waals surface area contributed by atoms with E-state index in [1.54, 1.807) is 0 Å². The number of hydrogen-bond donors (Lipinski definition) is 1. The van der Waals surface area contributed by atoms with E-state index in [0.29, 0.717) is 12.3 Å². The predicted octanol–water partition coefficient (Wildman–Crippen LogP) is 1.75. The Bertz CT molecular complexity index is 1060. The maximum absolute atomic E-state index is 12.8. The minimum absolute atomic E-state index is 0.115. The largest absolute Gasteiger partial charge is 0.491 e. The number of carbonyl (C=O) groups is 1. The number of fused-ring (bicyclic) bond motifs is 1. The van der Waals surface area contributed by atoms with Crippen LogP contribution >= 0.6 is 0 Å². The van der Waals surface area contributed by atoms with Gasteiger partial charge < -0.3 is 19.9 Å². The average Bonchev–Trinajstić information content (AvgIpc) is 3.31. The molecule has 1 N–H and O–H groups in total. The molecule has 2 aliphatic heterocycles. The molecule has 1 amide bonds. The van der Waals surface area contributed by atoms with Crippen molar-refractivity contribution in [1.82, 2.24) is 25.2 Å². The van der Waals surface area contributed by atoms with E-state index >= 15 is 0 Å². The number of amides is 1. The van der Waals surface area contributed by atoms with E-state index in [4.69, 9.17) is 4.74 Å². The number of aromatic nitrogens is 3. The number of rotatable bonds is 4. The molecule has 160 valence electrons. The fraction of sp³-hybridized carbons (Fsp3) is 0.348. The standard InChI is InChI=1S/C23H26N6O2/c1-27-10-12-28(13-11-27)21-8-5-9-22-19(21)14-17(16-31-22)25-23(30)20-15-24-29(26-20)18-6-3-2-4-7-18/h2-9,15,17H,10-14,16H2,1H3,(H,25,30)/t17-/m0/s1. The molecule has 3 aromatic rings. The lowest BCUT2D eigenvalue weighted by molar-refractivity contribution is 0.0910. The van der Waals surface area contributed by atoms with Crippen LogP contribution in [0.15, 0.2) is 54.7 Å². The van der Waals surface area contributed by atoms with Crippen LogP contribution < -0.4 is 15.0 Å². The number of anilines is 1. The molecular weight excluding hydrogens is 392 g/mol. The second kappa shape index (κ2) is 8.39. The fourth-order valence-corrected chi connectivity index (χ4v) is 4.14. The smallest absolute Gasteiger partial charge is 0.273 e. The Balaban J connectivity index is 1.29. The monoisotopic (exact) mass is 418 g/mol. The molecule has 2 aliphatic rings. The number of nitrogens with one attached hydrogen (secondary N) is 1. The normalized spacial score (nSPS) is 18.9. The average molecular weight is 419 g/mol. The van der Waals surface area contributed by atoms with Crippen LogP contribution in [-0.2, 0) is 6.42 Å². The quantitative estimate of drug-likeness (QED) is 0.696. The van der Waals surface area contributed by atoms with Crippen molar-refractivity contribution in [2.75, 3.05) is 44.7 Å². The van der Waals surface area contributed by atoms with E-state index in [1.807, 2.05) is 42.5 Å². The van der Waals surface area contributed by atoms with Gasteiger partial charge >= 0.3 is 0 Å². The van der Waals surface area contributed by atoms with Gasteiger partial charge in [-0.15, -0.1) is 5.10 Å². The number of carbonyl (C=O) groups excluding carboxylic acids is 1. The van der Waals surface area contributed by atoms with Gasteiger partial charge in [0.2, 0.25) is 0 Å². The molecule has 0 unspecified atom stereocenters. The molecule has 0 spiro atoms. The number of benzene rings is 2. The van der Waals surface area contributed by atoms with Crippen LogP contribution in [0.1, 0.15) is 16.1 Å². The summed E-state index contributed by atoms with van der Waals surface area (Å²) in [6, 6.07) is 15.6. The van der Waals surface area contributed by atoms with Crippen LogP contribution in [0.25, 0.3) is 5.69 Å². The van der Waals surface area contributed by atoms with E-state index < -0.39 is 0 Å². The Hall–Kier alpha value is -3.39. The number of likely N-dealkylation sites (N-methyl/N-ethyl adjacent to an activating group) is 1. The van der Waals surface area contributed by atoms with Gasteiger partial charge in [0.15, 0.2) is 5.69 Å². The second-order valence-electron chi connectivity index (χ2n) is 8.08. The van der Waals surface area contributed by atoms with Gasteiger partial charge in [0, 0.05) is 43.9 Å². The molecule has 1 fully saturated rings. The molecule has 8 nitrogen and oxygen atoms in total. The lowest BCUT2D eigenvalue weighted by atomic mass is 9.99. The Morgan fingerprint density at radius 3 is 2.68 bits per heavy atom. The van der Waals surface area contributed by atoms with Gasteiger partial charge in [-0.2, -0.15) is 9.90 Å². The highest BCUT2D eigenvalue weighted by Gasteiger charge is 2.27. The van der Waals surface area contributed by atoms with Crippen molar-refractivity contribution in [2.45, 2.75) is 12.5 Å². The van der Waals surface area contributed by atoms with E-state index in [0.717, 1.165) is 49.6 Å². The van der Waals surface area contributed by atoms with Gasteiger partial charge in [-0.1, -0.05) is 24.3 Å². The molecule has 0 aliphatic carbocycles. The van der Waals surface area contributed by atoms with E-state index in [-0.39, 0.29) is 11.9 Å². The topological polar surface area (TPSA) is 75.5 Å². The summed E-state index contributed by atoms with van der Waals surface area (Å²) < 4.78 is 6.01. The van der Waals surface area contributed by atoms with Gasteiger partial charge in [0.1, 0.15) is 12.4 Å². The Labute approximate surface area is 181 Å². The first-order valence-corrected chi connectivity index (χ1v) is 10.6. The van der Waals surface area contributed by atoms with E-state index in [9.17, 15) is 4.79 Å². The highest BCUT2D eigenvalue weighted by molar-refractivity contribution is 5.92. The lowest BCUT2D eigenvalue weighted by Crippen LogP contribution is -2.46. The number of nitrogens with zero attached hydrogens (tertiary/aromatic N) is 5. The molecule has 8 heteroatoms. The first kappa shape index (κ1) is 19.6. The fourth-order valence-electron chi connectivity index (χ4n) is 4.14. The number of hydrogen-bond acceptors (Lipinski definition) is 6. The molecule has 31 heavy (non-hydrogen) atoms. The maximum Gasteiger partial charge on any atom is 0.273 e. The Kier molecular flexibility index (Phi) is 5.30. The molecule has 1 atom stereocenters. The molecule has 3 heterocycles. The van der Waals surface area contributed by atoms with Crippen molar-refractivity contribution in [1.29, 1.82) is 0 Å². The number of piperazine rings is 1. The lowest BCUT2D eigenvalue weighted by Gasteiger charge is -2.37. The SMILES string of the molecule is CN1CCN(c2cccc3c2C[C@H](NC(=O)c2cnn(-c4ccccc4)n2)CO3)CC1. The van der Waals surface area contributed by atoms with E-state index in [1.165, 1.54) is 16.7 Å². The minimum Gasteiger partial charge on any atom is -0.491 e. The summed E-state index contributed by atoms with van der Waals surface area (Å²) in [6.45, 7) is 4.51. The zero-order valence-electron chi connectivity index (χ0n) is 17.6. The highest BCUT2D eigenvalue weighted by atomic mass is 16.5. The number of ether oxygens (including phenoxy) is 1. The first-order chi connectivity index (χ1) is 15.2. The molecule has 2 aromatic carbocycles. The minimum atomic E-state index is -0.240. The van der Waals surface area contributed by atoms with Gasteiger partial charge in [0.25, 0.3) is 5.91 Å². The van der Waals surface area contributed by atoms with Crippen molar-refractivity contribution in [2.24, 2.45) is 0 Å². The van der Waals surface area contributed by atoms with Crippen molar-refractivity contribution in [3.63, 3.8) is 0 Å². The summed E-state index contributed by atoms with van der Waals surface area (Å²) in [5.74, 6) is 0.674. The molecule has 1 saturated heterocycles. The molecule has 0 radical (unpaired) electrons. The summed E-state index contributed by atoms with van der Waals surface area (Å²) in [4.78, 5) is 19.0. The van der Waals surface area contributed by atoms with Crippen LogP contribution in [0.4, 0.5) is 5.69 Å². The molecule has 5 rings (SSSR count). The van der Waals surface area contributed by atoms with Gasteiger partial charge in [-0.25, -0.2) is 0 Å². The summed E-state index contributed by atoms with van der Waals surface area (Å²) in [5.41, 5.74) is 3.48. The third-order valence-electron chi connectivity index (χ3n) is 5.89. The summed E-state index contributed by atoms with van der Waals surface area (Å²) in [5, 5.41) is 11.6. The second-order valence-corrected chi connectivity index (χ2v) is 8.08. The van der Waals surface area contributed by atoms with Crippen molar-refractivity contribution in [3.8, 4) is 11.4 Å². The van der Waals surface area contributed by atoms with E-state index in [2.05, 4.69) is 38.4 Å². The third kappa shape index (κ3) is 4.11. The first-order valence-electron chi connectivity index (χ1n) is 10.6. The molecule has 1 aromatic heterocycles. The Morgan fingerprint density at radius 1 is 1.06 bits per heavy atom. The van der Waals surface area contributed by atoms with Gasteiger partial charge in [0.05, 0.1) is 17.9 Å². The zero-order valence-corrected chi connectivity index (χ0v) is 17.6.